The molecule has 2 heterocycles. The summed E-state index contributed by atoms with van der Waals surface area (Å²) in [6, 6.07) is 0.457. The molecule has 0 bridgehead atoms. The topological polar surface area (TPSA) is 138 Å². The molecule has 206 valence electrons. The molecule has 0 radical (unpaired) electrons. The van der Waals surface area contributed by atoms with Crippen molar-refractivity contribution >= 4 is 45.5 Å². The maximum absolute atomic E-state index is 15.9. The zero-order valence-electron chi connectivity index (χ0n) is 21.5. The van der Waals surface area contributed by atoms with Gasteiger partial charge in [-0.3, -0.25) is 5.01 Å². The van der Waals surface area contributed by atoms with Crippen molar-refractivity contribution in [2.45, 2.75) is 32.9 Å². The Hall–Kier alpha value is -3.29. The average molecular weight is 568 g/mol. The molecule has 0 fully saturated rings. The highest BCUT2D eigenvalue weighted by Gasteiger charge is 2.31. The van der Waals surface area contributed by atoms with E-state index in [-0.39, 0.29) is 28.9 Å². The number of aromatic nitrogens is 2. The highest BCUT2D eigenvalue weighted by atomic mass is 35.5. The lowest BCUT2D eigenvalue weighted by Gasteiger charge is -2.29. The van der Waals surface area contributed by atoms with E-state index in [1.807, 2.05) is 13.8 Å². The number of anilines is 1. The third kappa shape index (κ3) is 7.62. The van der Waals surface area contributed by atoms with Gasteiger partial charge in [-0.2, -0.15) is 5.10 Å². The van der Waals surface area contributed by atoms with Crippen molar-refractivity contribution in [3.8, 4) is 0 Å². The van der Waals surface area contributed by atoms with E-state index in [9.17, 15) is 13.2 Å². The Kier molecular flexibility index (Phi) is 10.00. The van der Waals surface area contributed by atoms with E-state index >= 15 is 4.39 Å². The minimum atomic E-state index is -3.71. The van der Waals surface area contributed by atoms with Crippen molar-refractivity contribution < 1.29 is 22.3 Å². The van der Waals surface area contributed by atoms with E-state index in [1.54, 1.807) is 29.7 Å². The third-order valence-corrected chi connectivity index (χ3v) is 7.22. The first-order valence-electron chi connectivity index (χ1n) is 11.9. The van der Waals surface area contributed by atoms with Crippen LogP contribution in [-0.4, -0.2) is 73.7 Å². The monoisotopic (exact) mass is 567 g/mol. The van der Waals surface area contributed by atoms with Crippen LogP contribution in [0.4, 0.5) is 15.1 Å². The van der Waals surface area contributed by atoms with E-state index in [4.69, 9.17) is 11.6 Å². The molecule has 2 unspecified atom stereocenters. The van der Waals surface area contributed by atoms with Crippen molar-refractivity contribution in [1.29, 1.82) is 0 Å². The zero-order chi connectivity index (χ0) is 27.9. The normalized spacial score (nSPS) is 19.7. The molecule has 1 aliphatic carbocycles. The van der Waals surface area contributed by atoms with Crippen LogP contribution in [-0.2, 0) is 14.8 Å². The Bertz CT molecular complexity index is 1290. The number of halogens is 2. The molecular formula is C24H31ClFN7O4S. The first kappa shape index (κ1) is 29.3. The van der Waals surface area contributed by atoms with E-state index in [1.165, 1.54) is 32.3 Å². The lowest BCUT2D eigenvalue weighted by Crippen LogP contribution is -2.36. The van der Waals surface area contributed by atoms with Crippen molar-refractivity contribution in [2.75, 3.05) is 31.3 Å². The van der Waals surface area contributed by atoms with Crippen LogP contribution in [0.15, 0.2) is 58.2 Å². The van der Waals surface area contributed by atoms with Gasteiger partial charge in [-0.1, -0.05) is 17.7 Å². The minimum Gasteiger partial charge on any atom is -0.453 e. The van der Waals surface area contributed by atoms with E-state index < -0.39 is 33.9 Å². The Morgan fingerprint density at radius 3 is 2.76 bits per heavy atom. The summed E-state index contributed by atoms with van der Waals surface area (Å²) in [7, 11) is -2.43. The fourth-order valence-electron chi connectivity index (χ4n) is 3.58. The second-order valence-electron chi connectivity index (χ2n) is 8.60. The predicted molar refractivity (Wildman–Crippen MR) is 145 cm³/mol. The molecular weight excluding hydrogens is 537 g/mol. The lowest BCUT2D eigenvalue weighted by atomic mass is 9.87. The summed E-state index contributed by atoms with van der Waals surface area (Å²) < 4.78 is 47.3. The molecule has 1 aliphatic heterocycles. The molecule has 11 nitrogen and oxygen atoms in total. The summed E-state index contributed by atoms with van der Waals surface area (Å²) in [6.07, 6.45) is 8.64. The number of hydrogen-bond donors (Lipinski definition) is 3. The Labute approximate surface area is 226 Å². The quantitative estimate of drug-likeness (QED) is 0.367. The van der Waals surface area contributed by atoms with Crippen molar-refractivity contribution in [2.24, 2.45) is 11.0 Å². The van der Waals surface area contributed by atoms with Crippen molar-refractivity contribution in [3.05, 3.63) is 58.8 Å². The highest BCUT2D eigenvalue weighted by Crippen LogP contribution is 2.36. The van der Waals surface area contributed by atoms with Crippen LogP contribution in [0.3, 0.4) is 0 Å². The number of methoxy groups -OCH3 is 1. The second-order valence-corrected chi connectivity index (χ2v) is 11.1. The number of carbonyl (C=O) groups is 1. The molecule has 1 amide bonds. The molecule has 0 saturated carbocycles. The summed E-state index contributed by atoms with van der Waals surface area (Å²) >= 11 is 6.32. The maximum atomic E-state index is 15.9. The second kappa shape index (κ2) is 13.0. The van der Waals surface area contributed by atoms with Gasteiger partial charge in [0.15, 0.2) is 0 Å². The average Bonchev–Trinajstić information content (AvgIpc) is 3.04. The van der Waals surface area contributed by atoms with Crippen LogP contribution in [0.2, 0.25) is 0 Å². The number of allylic oxidation sites excluding steroid dienone is 5. The lowest BCUT2D eigenvalue weighted by molar-refractivity contribution is 0.171. The minimum absolute atomic E-state index is 0.00361. The summed E-state index contributed by atoms with van der Waals surface area (Å²) in [5.74, 6) is -1.33. The Morgan fingerprint density at radius 1 is 1.32 bits per heavy atom. The maximum Gasteiger partial charge on any atom is 0.406 e. The van der Waals surface area contributed by atoms with Crippen LogP contribution >= 0.6 is 11.6 Å². The van der Waals surface area contributed by atoms with Crippen LogP contribution in [0.25, 0.3) is 5.57 Å². The van der Waals surface area contributed by atoms with Crippen LogP contribution in [0, 0.1) is 5.92 Å². The molecule has 3 N–H and O–H groups in total. The first-order valence-corrected chi connectivity index (χ1v) is 14.0. The van der Waals surface area contributed by atoms with Crippen LogP contribution < -0.4 is 15.4 Å². The molecule has 0 aromatic carbocycles. The number of nitrogens with one attached hydrogen (secondary N) is 3. The third-order valence-electron chi connectivity index (χ3n) is 5.61. The summed E-state index contributed by atoms with van der Waals surface area (Å²) in [4.78, 5) is 20.0. The van der Waals surface area contributed by atoms with Gasteiger partial charge in [0.05, 0.1) is 30.5 Å². The fourth-order valence-corrected chi connectivity index (χ4v) is 4.50. The van der Waals surface area contributed by atoms with Crippen molar-refractivity contribution in [3.63, 3.8) is 0 Å². The van der Waals surface area contributed by atoms with Gasteiger partial charge in [0.1, 0.15) is 5.83 Å². The predicted octanol–water partition coefficient (Wildman–Crippen LogP) is 3.14. The van der Waals surface area contributed by atoms with E-state index in [2.05, 4.69) is 35.2 Å². The standard InChI is InChI=1S/C24H31ClFN7O4S/c1-5-38(35,36)32-21-7-6-16(25)12-17(22(21)26)18-13-30-33(15(2)3)14-19(18)20-8-9-27-23(31-20)28-10-11-29-24(34)37-4/h6-9,12-15,18,21,32H,5,10-11H2,1-4H3,(H,29,34)(H,27,28,31). The summed E-state index contributed by atoms with van der Waals surface area (Å²) in [6.45, 7) is 5.99. The summed E-state index contributed by atoms with van der Waals surface area (Å²) in [5, 5.41) is 12.0. The zero-order valence-corrected chi connectivity index (χ0v) is 23.1. The molecule has 1 aromatic heterocycles. The van der Waals surface area contributed by atoms with Crippen LogP contribution in [0.1, 0.15) is 26.5 Å². The van der Waals surface area contributed by atoms with Crippen LogP contribution in [0.5, 0.6) is 0 Å². The first-order chi connectivity index (χ1) is 18.0. The smallest absolute Gasteiger partial charge is 0.406 e. The molecule has 14 heteroatoms. The number of hydrazone groups is 1. The number of ether oxygens (including phenoxy) is 1. The fraction of sp³-hybridized carbons (Fsp3) is 0.417. The van der Waals surface area contributed by atoms with E-state index in [0.717, 1.165) is 0 Å². The molecule has 1 aromatic rings. The van der Waals surface area contributed by atoms with Gasteiger partial charge in [-0.05, 0) is 39.0 Å². The van der Waals surface area contributed by atoms with Gasteiger partial charge in [0, 0.05) is 53.9 Å². The molecule has 0 saturated heterocycles. The molecule has 2 atom stereocenters. The molecule has 3 rings (SSSR count). The van der Waals surface area contributed by atoms with Gasteiger partial charge in [-0.15, -0.1) is 0 Å². The number of amides is 1. The Balaban J connectivity index is 1.98. The van der Waals surface area contributed by atoms with Gasteiger partial charge >= 0.3 is 6.09 Å². The van der Waals surface area contributed by atoms with Crippen molar-refractivity contribution in [1.82, 2.24) is 25.0 Å². The molecule has 0 spiro atoms. The highest BCUT2D eigenvalue weighted by molar-refractivity contribution is 7.89. The van der Waals surface area contributed by atoms with Gasteiger partial charge < -0.3 is 15.4 Å². The van der Waals surface area contributed by atoms with Gasteiger partial charge in [-0.25, -0.2) is 32.3 Å². The largest absolute Gasteiger partial charge is 0.453 e. The van der Waals surface area contributed by atoms with Gasteiger partial charge in [0.25, 0.3) is 0 Å². The summed E-state index contributed by atoms with van der Waals surface area (Å²) in [5.41, 5.74) is 1.26. The SMILES string of the molecule is CCS(=O)(=O)NC1C=CC(Cl)=CC(C2C=NN(C(C)C)C=C2c2ccnc(NCCNC(=O)OC)n2)=C1F. The number of nitrogens with zero attached hydrogens (tertiary/aromatic N) is 4. The number of rotatable bonds is 10. The number of hydrogen-bond acceptors (Lipinski definition) is 9. The molecule has 2 aliphatic rings. The number of sulfonamides is 1. The number of carbonyl (C=O) groups excluding carboxylic acids is 1. The Morgan fingerprint density at radius 2 is 2.08 bits per heavy atom. The number of alkyl carbamates (subject to hydrolysis) is 1. The molecule has 38 heavy (non-hydrogen) atoms. The van der Waals surface area contributed by atoms with E-state index in [0.29, 0.717) is 23.8 Å². The van der Waals surface area contributed by atoms with Gasteiger partial charge in [0.2, 0.25) is 16.0 Å².